The van der Waals surface area contributed by atoms with E-state index in [1.807, 2.05) is 0 Å². The smallest absolute Gasteiger partial charge is 0.126 e. The Morgan fingerprint density at radius 2 is 1.73 bits per heavy atom. The third kappa shape index (κ3) is 3.59. The summed E-state index contributed by atoms with van der Waals surface area (Å²) in [5.41, 5.74) is 6.41. The predicted octanol–water partition coefficient (Wildman–Crippen LogP) is 3.40. The van der Waals surface area contributed by atoms with E-state index in [2.05, 4.69) is 13.8 Å². The van der Waals surface area contributed by atoms with E-state index >= 15 is 0 Å². The fourth-order valence-electron chi connectivity index (χ4n) is 1.53. The molecule has 0 heterocycles. The van der Waals surface area contributed by atoms with E-state index < -0.39 is 11.6 Å². The first-order chi connectivity index (χ1) is 7.02. The van der Waals surface area contributed by atoms with E-state index in [1.165, 1.54) is 12.1 Å². The Morgan fingerprint density at radius 1 is 1.20 bits per heavy atom. The fraction of sp³-hybridized carbons (Fsp3) is 0.500. The lowest BCUT2D eigenvalue weighted by atomic mass is 9.95. The van der Waals surface area contributed by atoms with Crippen molar-refractivity contribution in [3.63, 3.8) is 0 Å². The van der Waals surface area contributed by atoms with E-state index in [0.717, 1.165) is 18.9 Å². The molecule has 0 saturated heterocycles. The van der Waals surface area contributed by atoms with Crippen molar-refractivity contribution in [2.75, 3.05) is 0 Å². The van der Waals surface area contributed by atoms with Gasteiger partial charge in [0.15, 0.2) is 0 Å². The zero-order chi connectivity index (χ0) is 11.4. The average molecular weight is 213 g/mol. The minimum atomic E-state index is -0.565. The van der Waals surface area contributed by atoms with Gasteiger partial charge in [-0.2, -0.15) is 0 Å². The Morgan fingerprint density at radius 3 is 2.20 bits per heavy atom. The summed E-state index contributed by atoms with van der Waals surface area (Å²) < 4.78 is 25.8. The number of hydrogen-bond acceptors (Lipinski definition) is 1. The van der Waals surface area contributed by atoms with Gasteiger partial charge in [0.05, 0.1) is 0 Å². The number of rotatable bonds is 4. The molecule has 0 aromatic heterocycles. The maximum absolute atomic E-state index is 12.9. The molecule has 84 valence electrons. The van der Waals surface area contributed by atoms with Crippen molar-refractivity contribution in [1.82, 2.24) is 0 Å². The van der Waals surface area contributed by atoms with Crippen LogP contribution in [0.5, 0.6) is 0 Å². The SMILES string of the molecule is CCC(C)CC(N)c1cc(F)cc(F)c1. The lowest BCUT2D eigenvalue weighted by Gasteiger charge is -2.16. The molecule has 1 nitrogen and oxygen atoms in total. The van der Waals surface area contributed by atoms with Crippen LogP contribution in [-0.2, 0) is 0 Å². The maximum Gasteiger partial charge on any atom is 0.126 e. The molecule has 0 bridgehead atoms. The molecular weight excluding hydrogens is 196 g/mol. The van der Waals surface area contributed by atoms with Gasteiger partial charge in [0, 0.05) is 12.1 Å². The molecule has 0 fully saturated rings. The van der Waals surface area contributed by atoms with Crippen LogP contribution in [0.3, 0.4) is 0 Å². The molecule has 0 aliphatic heterocycles. The predicted molar refractivity (Wildman–Crippen MR) is 57.4 cm³/mol. The van der Waals surface area contributed by atoms with Gasteiger partial charge in [0.25, 0.3) is 0 Å². The van der Waals surface area contributed by atoms with Gasteiger partial charge in [-0.25, -0.2) is 8.78 Å². The summed E-state index contributed by atoms with van der Waals surface area (Å²) in [6, 6.07) is 3.18. The van der Waals surface area contributed by atoms with Crippen LogP contribution in [0.15, 0.2) is 18.2 Å². The van der Waals surface area contributed by atoms with Crippen LogP contribution in [0.4, 0.5) is 8.78 Å². The lowest BCUT2D eigenvalue weighted by Crippen LogP contribution is -2.14. The van der Waals surface area contributed by atoms with Crippen molar-refractivity contribution in [3.8, 4) is 0 Å². The van der Waals surface area contributed by atoms with Gasteiger partial charge in [0.1, 0.15) is 11.6 Å². The Kier molecular flexibility index (Phi) is 4.21. The standard InChI is InChI=1S/C12H17F2N/c1-3-8(2)4-12(15)9-5-10(13)7-11(14)6-9/h5-8,12H,3-4,15H2,1-2H3. The number of hydrogen-bond donors (Lipinski definition) is 1. The van der Waals surface area contributed by atoms with Crippen LogP contribution < -0.4 is 5.73 Å². The molecule has 2 unspecified atom stereocenters. The molecular formula is C12H17F2N. The fourth-order valence-corrected chi connectivity index (χ4v) is 1.53. The first-order valence-corrected chi connectivity index (χ1v) is 5.24. The summed E-state index contributed by atoms with van der Waals surface area (Å²) in [4.78, 5) is 0. The molecule has 2 atom stereocenters. The van der Waals surface area contributed by atoms with Crippen molar-refractivity contribution in [2.24, 2.45) is 11.7 Å². The van der Waals surface area contributed by atoms with Crippen molar-refractivity contribution >= 4 is 0 Å². The summed E-state index contributed by atoms with van der Waals surface area (Å²) >= 11 is 0. The minimum absolute atomic E-state index is 0.287. The van der Waals surface area contributed by atoms with Crippen LogP contribution in [0.1, 0.15) is 38.3 Å². The number of halogens is 2. The highest BCUT2D eigenvalue weighted by molar-refractivity contribution is 5.21. The normalized spacial score (nSPS) is 15.0. The van der Waals surface area contributed by atoms with Crippen molar-refractivity contribution < 1.29 is 8.78 Å². The van der Waals surface area contributed by atoms with Crippen LogP contribution in [0, 0.1) is 17.6 Å². The first-order valence-electron chi connectivity index (χ1n) is 5.24. The van der Waals surface area contributed by atoms with Gasteiger partial charge in [0.2, 0.25) is 0 Å². The van der Waals surface area contributed by atoms with Gasteiger partial charge < -0.3 is 5.73 Å². The van der Waals surface area contributed by atoms with Crippen molar-refractivity contribution in [1.29, 1.82) is 0 Å². The average Bonchev–Trinajstić information content (AvgIpc) is 2.16. The monoisotopic (exact) mass is 213 g/mol. The summed E-state index contributed by atoms with van der Waals surface area (Å²) in [7, 11) is 0. The molecule has 0 amide bonds. The van der Waals surface area contributed by atoms with E-state index in [4.69, 9.17) is 5.73 Å². The van der Waals surface area contributed by atoms with E-state index in [-0.39, 0.29) is 6.04 Å². The van der Waals surface area contributed by atoms with Gasteiger partial charge in [-0.3, -0.25) is 0 Å². The highest BCUT2D eigenvalue weighted by atomic mass is 19.1. The molecule has 0 aliphatic carbocycles. The molecule has 2 N–H and O–H groups in total. The molecule has 0 spiro atoms. The Hall–Kier alpha value is -0.960. The molecule has 1 aromatic carbocycles. The quantitative estimate of drug-likeness (QED) is 0.815. The van der Waals surface area contributed by atoms with E-state index in [0.29, 0.717) is 11.5 Å². The summed E-state index contributed by atoms with van der Waals surface area (Å²) in [5.74, 6) is -0.666. The van der Waals surface area contributed by atoms with Crippen LogP contribution in [0.2, 0.25) is 0 Å². The summed E-state index contributed by atoms with van der Waals surface area (Å²) in [6.45, 7) is 4.15. The molecule has 0 aliphatic rings. The van der Waals surface area contributed by atoms with Crippen LogP contribution in [-0.4, -0.2) is 0 Å². The van der Waals surface area contributed by atoms with Gasteiger partial charge >= 0.3 is 0 Å². The van der Waals surface area contributed by atoms with Crippen molar-refractivity contribution in [2.45, 2.75) is 32.7 Å². The zero-order valence-corrected chi connectivity index (χ0v) is 9.13. The topological polar surface area (TPSA) is 26.0 Å². The molecule has 1 rings (SSSR count). The van der Waals surface area contributed by atoms with E-state index in [1.54, 1.807) is 0 Å². The highest BCUT2D eigenvalue weighted by Crippen LogP contribution is 2.22. The van der Waals surface area contributed by atoms with Crippen LogP contribution >= 0.6 is 0 Å². The first kappa shape index (κ1) is 12.1. The third-order valence-corrected chi connectivity index (χ3v) is 2.67. The highest BCUT2D eigenvalue weighted by Gasteiger charge is 2.11. The number of benzene rings is 1. The third-order valence-electron chi connectivity index (χ3n) is 2.67. The molecule has 15 heavy (non-hydrogen) atoms. The number of nitrogens with two attached hydrogens (primary N) is 1. The molecule has 1 aromatic rings. The maximum atomic E-state index is 12.9. The van der Waals surface area contributed by atoms with Crippen molar-refractivity contribution in [3.05, 3.63) is 35.4 Å². The van der Waals surface area contributed by atoms with Gasteiger partial charge in [-0.15, -0.1) is 0 Å². The Bertz CT molecular complexity index is 305. The minimum Gasteiger partial charge on any atom is -0.324 e. The lowest BCUT2D eigenvalue weighted by molar-refractivity contribution is 0.457. The van der Waals surface area contributed by atoms with Crippen LogP contribution in [0.25, 0.3) is 0 Å². The Labute approximate surface area is 89.3 Å². The second-order valence-electron chi connectivity index (χ2n) is 4.06. The second-order valence-corrected chi connectivity index (χ2v) is 4.06. The largest absolute Gasteiger partial charge is 0.324 e. The van der Waals surface area contributed by atoms with Gasteiger partial charge in [-0.05, 0) is 30.0 Å². The molecule has 0 radical (unpaired) electrons. The summed E-state index contributed by atoms with van der Waals surface area (Å²) in [6.07, 6.45) is 1.77. The van der Waals surface area contributed by atoms with Gasteiger partial charge in [-0.1, -0.05) is 20.3 Å². The van der Waals surface area contributed by atoms with E-state index in [9.17, 15) is 8.78 Å². The zero-order valence-electron chi connectivity index (χ0n) is 9.13. The summed E-state index contributed by atoms with van der Waals surface area (Å²) in [5, 5.41) is 0. The Balaban J connectivity index is 2.77. The second kappa shape index (κ2) is 5.21. The molecule has 0 saturated carbocycles. The molecule has 3 heteroatoms.